The zero-order chi connectivity index (χ0) is 25.2. The third kappa shape index (κ3) is 5.19. The molecule has 0 saturated carbocycles. The Morgan fingerprint density at radius 3 is 2.17 bits per heavy atom. The molecule has 1 aromatic heterocycles. The zero-order valence-electron chi connectivity index (χ0n) is 19.9. The van der Waals surface area contributed by atoms with Gasteiger partial charge in [0.15, 0.2) is 0 Å². The predicted octanol–water partition coefficient (Wildman–Crippen LogP) is 7.52. The molecule has 0 unspecified atom stereocenters. The minimum absolute atomic E-state index is 0.410. The van der Waals surface area contributed by atoms with Gasteiger partial charge in [0, 0.05) is 42.3 Å². The normalized spacial score (nSPS) is 11.6. The highest BCUT2D eigenvalue weighted by molar-refractivity contribution is 5.99. The first-order chi connectivity index (χ1) is 16.7. The Labute approximate surface area is 202 Å². The molecule has 4 aromatic rings. The van der Waals surface area contributed by atoms with Crippen molar-refractivity contribution in [2.24, 2.45) is 0 Å². The molecule has 1 amide bonds. The molecule has 0 bridgehead atoms. The molecule has 0 saturated heterocycles. The summed E-state index contributed by atoms with van der Waals surface area (Å²) in [7, 11) is 0. The van der Waals surface area contributed by atoms with Crippen LogP contribution in [0.3, 0.4) is 0 Å². The number of halogens is 3. The predicted molar refractivity (Wildman–Crippen MR) is 132 cm³/mol. The van der Waals surface area contributed by atoms with E-state index in [2.05, 4.69) is 0 Å². The number of nitrogens with zero attached hydrogens (tertiary/aromatic N) is 2. The SMILES string of the molecule is CCN(CC)C(=O)Oc1ccc2c(ccn2Cc2ccc(C(F)(F)F)cc2)c1-c1ccc(C)cc1. The molecule has 1 heterocycles. The van der Waals surface area contributed by atoms with Crippen LogP contribution < -0.4 is 4.74 Å². The number of fused-ring (bicyclic) bond motifs is 1. The molecule has 0 spiro atoms. The summed E-state index contributed by atoms with van der Waals surface area (Å²) < 4.78 is 46.5. The van der Waals surface area contributed by atoms with Gasteiger partial charge in [-0.2, -0.15) is 13.2 Å². The van der Waals surface area contributed by atoms with Crippen LogP contribution in [0.1, 0.15) is 30.5 Å². The summed E-state index contributed by atoms with van der Waals surface area (Å²) in [5, 5.41) is 0.894. The van der Waals surface area contributed by atoms with Crippen molar-refractivity contribution in [3.63, 3.8) is 0 Å². The quantitative estimate of drug-likeness (QED) is 0.286. The highest BCUT2D eigenvalue weighted by atomic mass is 19.4. The Bertz CT molecular complexity index is 1320. The number of aryl methyl sites for hydroxylation is 1. The lowest BCUT2D eigenvalue weighted by molar-refractivity contribution is -0.137. The van der Waals surface area contributed by atoms with Crippen LogP contribution in [0.5, 0.6) is 5.75 Å². The minimum atomic E-state index is -4.36. The molecule has 0 N–H and O–H groups in total. The van der Waals surface area contributed by atoms with Gasteiger partial charge in [-0.1, -0.05) is 42.0 Å². The molecule has 0 aliphatic rings. The lowest BCUT2D eigenvalue weighted by Crippen LogP contribution is -2.33. The standard InChI is InChI=1S/C28H27F3N2O2/c1-4-32(5-2)27(34)35-25-15-14-24-23(26(25)21-10-6-19(3)7-11-21)16-17-33(24)18-20-8-12-22(13-9-20)28(29,30)31/h6-17H,4-5,18H2,1-3H3. The molecular formula is C28H27F3N2O2. The van der Waals surface area contributed by atoms with Gasteiger partial charge in [0.2, 0.25) is 0 Å². The topological polar surface area (TPSA) is 34.5 Å². The molecular weight excluding hydrogens is 453 g/mol. The first-order valence-corrected chi connectivity index (χ1v) is 11.5. The fraction of sp³-hybridized carbons (Fsp3) is 0.250. The van der Waals surface area contributed by atoms with E-state index in [1.54, 1.807) is 11.0 Å². The summed E-state index contributed by atoms with van der Waals surface area (Å²) in [6.07, 6.45) is -2.87. The average Bonchev–Trinajstić information content (AvgIpc) is 3.23. The van der Waals surface area contributed by atoms with Crippen LogP contribution in [0.4, 0.5) is 18.0 Å². The van der Waals surface area contributed by atoms with E-state index >= 15 is 0 Å². The fourth-order valence-electron chi connectivity index (χ4n) is 4.13. The summed E-state index contributed by atoms with van der Waals surface area (Å²) in [6, 6.07) is 18.8. The molecule has 0 fully saturated rings. The van der Waals surface area contributed by atoms with Crippen LogP contribution in [-0.2, 0) is 12.7 Å². The largest absolute Gasteiger partial charge is 0.416 e. The van der Waals surface area contributed by atoms with Gasteiger partial charge >= 0.3 is 12.3 Å². The van der Waals surface area contributed by atoms with Crippen LogP contribution in [0, 0.1) is 6.92 Å². The van der Waals surface area contributed by atoms with Crippen molar-refractivity contribution in [2.45, 2.75) is 33.5 Å². The van der Waals surface area contributed by atoms with E-state index < -0.39 is 17.8 Å². The van der Waals surface area contributed by atoms with Gasteiger partial charge in [0.05, 0.1) is 5.56 Å². The van der Waals surface area contributed by atoms with Gasteiger partial charge in [-0.15, -0.1) is 0 Å². The number of rotatable bonds is 6. The smallest absolute Gasteiger partial charge is 0.410 e. The highest BCUT2D eigenvalue weighted by Gasteiger charge is 2.30. The van der Waals surface area contributed by atoms with E-state index in [-0.39, 0.29) is 0 Å². The van der Waals surface area contributed by atoms with Gasteiger partial charge in [-0.3, -0.25) is 0 Å². The molecule has 182 valence electrons. The maximum Gasteiger partial charge on any atom is 0.416 e. The Hall–Kier alpha value is -3.74. The maximum atomic E-state index is 12.9. The molecule has 0 aliphatic carbocycles. The fourth-order valence-corrected chi connectivity index (χ4v) is 4.13. The summed E-state index contributed by atoms with van der Waals surface area (Å²) in [6.45, 7) is 7.30. The van der Waals surface area contributed by atoms with E-state index in [0.29, 0.717) is 25.4 Å². The molecule has 35 heavy (non-hydrogen) atoms. The van der Waals surface area contributed by atoms with E-state index in [4.69, 9.17) is 4.74 Å². The van der Waals surface area contributed by atoms with Crippen molar-refractivity contribution >= 4 is 17.0 Å². The second kappa shape index (κ2) is 9.86. The first-order valence-electron chi connectivity index (χ1n) is 11.5. The van der Waals surface area contributed by atoms with Crippen molar-refractivity contribution in [1.82, 2.24) is 9.47 Å². The number of alkyl halides is 3. The number of hydrogen-bond donors (Lipinski definition) is 0. The van der Waals surface area contributed by atoms with Crippen LogP contribution in [0.15, 0.2) is 72.9 Å². The molecule has 7 heteroatoms. The summed E-state index contributed by atoms with van der Waals surface area (Å²) >= 11 is 0. The number of hydrogen-bond acceptors (Lipinski definition) is 2. The number of benzene rings is 3. The average molecular weight is 481 g/mol. The summed E-state index contributed by atoms with van der Waals surface area (Å²) in [5.41, 5.74) is 3.81. The maximum absolute atomic E-state index is 12.9. The third-order valence-electron chi connectivity index (χ3n) is 6.11. The van der Waals surface area contributed by atoms with Crippen molar-refractivity contribution in [3.8, 4) is 16.9 Å². The van der Waals surface area contributed by atoms with E-state index in [0.717, 1.165) is 45.3 Å². The number of amides is 1. The first kappa shape index (κ1) is 24.4. The van der Waals surface area contributed by atoms with Crippen molar-refractivity contribution in [3.05, 3.63) is 89.6 Å². The molecule has 0 radical (unpaired) electrons. The van der Waals surface area contributed by atoms with Crippen molar-refractivity contribution in [2.75, 3.05) is 13.1 Å². The number of aromatic nitrogens is 1. The zero-order valence-corrected chi connectivity index (χ0v) is 19.9. The van der Waals surface area contributed by atoms with Crippen LogP contribution >= 0.6 is 0 Å². The number of carbonyl (C=O) groups is 1. The van der Waals surface area contributed by atoms with Gasteiger partial charge in [0.1, 0.15) is 5.75 Å². The Balaban J connectivity index is 1.75. The Morgan fingerprint density at radius 2 is 1.57 bits per heavy atom. The van der Waals surface area contributed by atoms with Crippen LogP contribution in [0.2, 0.25) is 0 Å². The van der Waals surface area contributed by atoms with Crippen LogP contribution in [0.25, 0.3) is 22.0 Å². The van der Waals surface area contributed by atoms with Gasteiger partial charge in [-0.05, 0) is 62.2 Å². The summed E-state index contributed by atoms with van der Waals surface area (Å²) in [4.78, 5) is 14.3. The van der Waals surface area contributed by atoms with E-state index in [1.165, 1.54) is 12.1 Å². The van der Waals surface area contributed by atoms with Gasteiger partial charge in [0.25, 0.3) is 0 Å². The second-order valence-electron chi connectivity index (χ2n) is 8.42. The molecule has 4 nitrogen and oxygen atoms in total. The monoisotopic (exact) mass is 480 g/mol. The third-order valence-corrected chi connectivity index (χ3v) is 6.11. The molecule has 4 rings (SSSR count). The lowest BCUT2D eigenvalue weighted by Gasteiger charge is -2.20. The van der Waals surface area contributed by atoms with Crippen LogP contribution in [-0.4, -0.2) is 28.6 Å². The highest BCUT2D eigenvalue weighted by Crippen LogP contribution is 2.38. The minimum Gasteiger partial charge on any atom is -0.410 e. The Morgan fingerprint density at radius 1 is 0.914 bits per heavy atom. The molecule has 0 atom stereocenters. The van der Waals surface area contributed by atoms with E-state index in [1.807, 2.05) is 67.9 Å². The molecule has 0 aliphatic heterocycles. The lowest BCUT2D eigenvalue weighted by atomic mass is 9.99. The van der Waals surface area contributed by atoms with Gasteiger partial charge < -0.3 is 14.2 Å². The Kier molecular flexibility index (Phi) is 6.87. The number of carbonyl (C=O) groups excluding carboxylic acids is 1. The number of ether oxygens (including phenoxy) is 1. The van der Waals surface area contributed by atoms with Gasteiger partial charge in [-0.25, -0.2) is 4.79 Å². The second-order valence-corrected chi connectivity index (χ2v) is 8.42. The van der Waals surface area contributed by atoms with E-state index in [9.17, 15) is 18.0 Å². The molecule has 3 aromatic carbocycles. The van der Waals surface area contributed by atoms with Crippen molar-refractivity contribution < 1.29 is 22.7 Å². The summed E-state index contributed by atoms with van der Waals surface area (Å²) in [5.74, 6) is 0.463. The van der Waals surface area contributed by atoms with Crippen molar-refractivity contribution in [1.29, 1.82) is 0 Å².